The standard InChI is InChI=1S/C20H42.3Li.3H/c1-3-5-7-9-11-13-15-17-19-20-18-16-14-12-10-8-6-4-2;;;;;;/h3-20H2,1-2H3;;;;;;/q;3*+1;3*-1. The summed E-state index contributed by atoms with van der Waals surface area (Å²) in [4.78, 5) is 0. The molecule has 0 aromatic carbocycles. The Bertz CT molecular complexity index is 158. The molecule has 128 valence electrons. The van der Waals surface area contributed by atoms with Crippen molar-refractivity contribution in [2.75, 3.05) is 0 Å². The first kappa shape index (κ1) is 32.5. The number of hydrogen-bond acceptors (Lipinski definition) is 0. The molecule has 0 heterocycles. The van der Waals surface area contributed by atoms with Gasteiger partial charge in [0.15, 0.2) is 0 Å². The molecule has 0 N–H and O–H groups in total. The van der Waals surface area contributed by atoms with E-state index in [-0.39, 0.29) is 60.9 Å². The first-order chi connectivity index (χ1) is 9.91. The Morgan fingerprint density at radius 1 is 0.304 bits per heavy atom. The van der Waals surface area contributed by atoms with Gasteiger partial charge in [0, 0.05) is 0 Å². The normalized spacial score (nSPS) is 9.65. The van der Waals surface area contributed by atoms with Gasteiger partial charge in [-0.05, 0) is 0 Å². The summed E-state index contributed by atoms with van der Waals surface area (Å²) in [7, 11) is 0. The molecule has 0 atom stereocenters. The third kappa shape index (κ3) is 32.0. The smallest absolute Gasteiger partial charge is 1.00 e. The van der Waals surface area contributed by atoms with E-state index in [1.807, 2.05) is 0 Å². The predicted octanol–water partition coefficient (Wildman–Crippen LogP) is -0.602. The van der Waals surface area contributed by atoms with Crippen molar-refractivity contribution in [2.45, 2.75) is 129 Å². The average molecular weight is 306 g/mol. The molecule has 0 radical (unpaired) electrons. The molecule has 0 aromatic rings. The average Bonchev–Trinajstić information content (AvgIpc) is 2.47. The second kappa shape index (κ2) is 31.6. The van der Waals surface area contributed by atoms with Gasteiger partial charge in [0.05, 0.1) is 0 Å². The van der Waals surface area contributed by atoms with E-state index in [0.717, 1.165) is 0 Å². The maximum absolute atomic E-state index is 2.30. The van der Waals surface area contributed by atoms with Crippen LogP contribution >= 0.6 is 0 Å². The summed E-state index contributed by atoms with van der Waals surface area (Å²) in [6.07, 6.45) is 26.4. The number of hydrogen-bond donors (Lipinski definition) is 0. The Labute approximate surface area is 189 Å². The van der Waals surface area contributed by atoms with Crippen LogP contribution in [0.25, 0.3) is 0 Å². The van der Waals surface area contributed by atoms with Crippen LogP contribution in [0.2, 0.25) is 0 Å². The number of unbranched alkanes of at least 4 members (excludes halogenated alkanes) is 17. The summed E-state index contributed by atoms with van der Waals surface area (Å²) in [5.74, 6) is 0. The summed E-state index contributed by atoms with van der Waals surface area (Å²) in [5, 5.41) is 0. The fraction of sp³-hybridized carbons (Fsp3) is 1.00. The van der Waals surface area contributed by atoms with Crippen LogP contribution in [0.4, 0.5) is 0 Å². The SMILES string of the molecule is CCCCCCCCCCCCCCCCCCCC.[H-].[H-].[H-].[Li+].[Li+].[Li+]. The van der Waals surface area contributed by atoms with Crippen LogP contribution in [-0.2, 0) is 0 Å². The van der Waals surface area contributed by atoms with Crippen LogP contribution < -0.4 is 56.6 Å². The van der Waals surface area contributed by atoms with Gasteiger partial charge in [-0.1, -0.05) is 129 Å². The van der Waals surface area contributed by atoms with E-state index in [1.54, 1.807) is 0 Å². The van der Waals surface area contributed by atoms with Crippen molar-refractivity contribution in [3.8, 4) is 0 Å². The second-order valence-corrected chi connectivity index (χ2v) is 6.66. The fourth-order valence-corrected chi connectivity index (χ4v) is 2.97. The van der Waals surface area contributed by atoms with Crippen molar-refractivity contribution in [3.05, 3.63) is 0 Å². The van der Waals surface area contributed by atoms with E-state index < -0.39 is 0 Å². The zero-order valence-corrected chi connectivity index (χ0v) is 17.7. The molecule has 0 spiro atoms. The van der Waals surface area contributed by atoms with Gasteiger partial charge in [-0.3, -0.25) is 0 Å². The van der Waals surface area contributed by atoms with E-state index >= 15 is 0 Å². The van der Waals surface area contributed by atoms with Crippen molar-refractivity contribution in [1.29, 1.82) is 0 Å². The molecule has 0 aliphatic carbocycles. The largest absolute Gasteiger partial charge is 1.00 e. The third-order valence-corrected chi connectivity index (χ3v) is 4.46. The van der Waals surface area contributed by atoms with Gasteiger partial charge in [0.1, 0.15) is 0 Å². The molecular formula is C20H45Li3. The molecule has 0 fully saturated rings. The monoisotopic (exact) mass is 306 g/mol. The van der Waals surface area contributed by atoms with E-state index in [1.165, 1.54) is 116 Å². The molecule has 3 heteroatoms. The van der Waals surface area contributed by atoms with Crippen molar-refractivity contribution < 1.29 is 60.9 Å². The third-order valence-electron chi connectivity index (χ3n) is 4.46. The Kier molecular flexibility index (Phi) is 44.5. The first-order valence-corrected chi connectivity index (χ1v) is 9.91. The van der Waals surface area contributed by atoms with Gasteiger partial charge < -0.3 is 4.28 Å². The minimum atomic E-state index is 0. The Hall–Kier alpha value is 1.79. The van der Waals surface area contributed by atoms with Crippen LogP contribution in [0.1, 0.15) is 134 Å². The molecule has 0 nitrogen and oxygen atoms in total. The van der Waals surface area contributed by atoms with Crippen LogP contribution in [0, 0.1) is 0 Å². The van der Waals surface area contributed by atoms with Crippen molar-refractivity contribution >= 4 is 0 Å². The van der Waals surface area contributed by atoms with Crippen LogP contribution in [0.15, 0.2) is 0 Å². The summed E-state index contributed by atoms with van der Waals surface area (Å²) in [5.41, 5.74) is 0. The van der Waals surface area contributed by atoms with Gasteiger partial charge >= 0.3 is 56.6 Å². The summed E-state index contributed by atoms with van der Waals surface area (Å²) in [6, 6.07) is 0. The quantitative estimate of drug-likeness (QED) is 0.249. The summed E-state index contributed by atoms with van der Waals surface area (Å²) < 4.78 is 0. The molecule has 0 rings (SSSR count). The maximum Gasteiger partial charge on any atom is 1.00 e. The predicted molar refractivity (Wildman–Crippen MR) is 97.8 cm³/mol. The number of rotatable bonds is 17. The van der Waals surface area contributed by atoms with Gasteiger partial charge in [-0.25, -0.2) is 0 Å². The van der Waals surface area contributed by atoms with Crippen molar-refractivity contribution in [3.63, 3.8) is 0 Å². The maximum atomic E-state index is 2.30. The molecule has 0 aromatic heterocycles. The van der Waals surface area contributed by atoms with Gasteiger partial charge in [0.2, 0.25) is 0 Å². The molecule has 0 amide bonds. The molecule has 0 aliphatic rings. The van der Waals surface area contributed by atoms with E-state index in [4.69, 9.17) is 0 Å². The van der Waals surface area contributed by atoms with E-state index in [0.29, 0.717) is 0 Å². The zero-order chi connectivity index (χ0) is 14.7. The molecule has 23 heavy (non-hydrogen) atoms. The summed E-state index contributed by atoms with van der Waals surface area (Å²) in [6.45, 7) is 4.59. The Morgan fingerprint density at radius 3 is 0.565 bits per heavy atom. The first-order valence-electron chi connectivity index (χ1n) is 9.91. The molecule has 0 unspecified atom stereocenters. The molecular weight excluding hydrogens is 261 g/mol. The van der Waals surface area contributed by atoms with Gasteiger partial charge in [0.25, 0.3) is 0 Å². The fourth-order valence-electron chi connectivity index (χ4n) is 2.97. The molecule has 0 aliphatic heterocycles. The minimum Gasteiger partial charge on any atom is -1.00 e. The second-order valence-electron chi connectivity index (χ2n) is 6.66. The Balaban J connectivity index is -0.000000120. The van der Waals surface area contributed by atoms with Gasteiger partial charge in [-0.2, -0.15) is 0 Å². The molecule has 0 saturated carbocycles. The Morgan fingerprint density at radius 2 is 0.435 bits per heavy atom. The van der Waals surface area contributed by atoms with Gasteiger partial charge in [-0.15, -0.1) is 0 Å². The molecule has 0 bridgehead atoms. The minimum absolute atomic E-state index is 0. The van der Waals surface area contributed by atoms with Crippen LogP contribution in [0.5, 0.6) is 0 Å². The van der Waals surface area contributed by atoms with Crippen LogP contribution in [0.3, 0.4) is 0 Å². The zero-order valence-electron chi connectivity index (χ0n) is 20.7. The van der Waals surface area contributed by atoms with Crippen molar-refractivity contribution in [2.24, 2.45) is 0 Å². The summed E-state index contributed by atoms with van der Waals surface area (Å²) >= 11 is 0. The van der Waals surface area contributed by atoms with Crippen molar-refractivity contribution in [1.82, 2.24) is 0 Å². The van der Waals surface area contributed by atoms with Crippen LogP contribution in [-0.4, -0.2) is 0 Å². The topological polar surface area (TPSA) is 0 Å². The molecule has 0 saturated heterocycles. The van der Waals surface area contributed by atoms with E-state index in [2.05, 4.69) is 13.8 Å². The van der Waals surface area contributed by atoms with E-state index in [9.17, 15) is 0 Å².